The van der Waals surface area contributed by atoms with Gasteiger partial charge in [0.25, 0.3) is 0 Å². The van der Waals surface area contributed by atoms with Gasteiger partial charge in [0, 0.05) is 41.2 Å². The van der Waals surface area contributed by atoms with E-state index in [1.54, 1.807) is 67.6 Å². The van der Waals surface area contributed by atoms with Gasteiger partial charge >= 0.3 is 5.97 Å². The number of para-hydroxylation sites is 1. The van der Waals surface area contributed by atoms with Crippen LogP contribution in [0.3, 0.4) is 0 Å². The van der Waals surface area contributed by atoms with Crippen LogP contribution in [0.1, 0.15) is 44.2 Å². The number of esters is 1. The molecule has 4 heterocycles. The third-order valence-corrected chi connectivity index (χ3v) is 6.70. The summed E-state index contributed by atoms with van der Waals surface area (Å²) < 4.78 is 5.66. The molecule has 1 amide bonds. The van der Waals surface area contributed by atoms with Crippen LogP contribution in [-0.2, 0) is 24.5 Å². The number of aromatic nitrogens is 1. The largest absolute Gasteiger partial charge is 0.459 e. The molecule has 1 unspecified atom stereocenters. The maximum Gasteiger partial charge on any atom is 0.339 e. The van der Waals surface area contributed by atoms with Crippen LogP contribution in [0.15, 0.2) is 76.4 Å². The first-order valence-electron chi connectivity index (χ1n) is 11.6. The second-order valence-corrected chi connectivity index (χ2v) is 9.14. The summed E-state index contributed by atoms with van der Waals surface area (Å²) in [6, 6.07) is 10.8. The number of anilines is 1. The Morgan fingerprint density at radius 2 is 1.89 bits per heavy atom. The summed E-state index contributed by atoms with van der Waals surface area (Å²) in [6.07, 6.45) is 4.35. The van der Waals surface area contributed by atoms with Crippen LogP contribution in [0.4, 0.5) is 5.69 Å². The highest BCUT2D eigenvalue weighted by molar-refractivity contribution is 6.23. The summed E-state index contributed by atoms with van der Waals surface area (Å²) in [4.78, 5) is 50.1. The van der Waals surface area contributed by atoms with Gasteiger partial charge in [0.15, 0.2) is 17.4 Å². The number of benzene rings is 1. The van der Waals surface area contributed by atoms with Crippen LogP contribution in [0.5, 0.6) is 0 Å². The minimum absolute atomic E-state index is 0.0409. The van der Waals surface area contributed by atoms with Crippen LogP contribution < -0.4 is 10.7 Å². The van der Waals surface area contributed by atoms with Gasteiger partial charge in [-0.15, -0.1) is 0 Å². The number of allylic oxidation sites excluding steroid dienone is 1. The fourth-order valence-electron chi connectivity index (χ4n) is 5.38. The number of hydrogen-bond acceptors (Lipinski definition) is 8. The monoisotopic (exact) mass is 469 g/mol. The molecule has 0 bridgehead atoms. The zero-order valence-electron chi connectivity index (χ0n) is 19.3. The molecule has 1 atom stereocenters. The fraction of sp³-hybridized carbons (Fsp3) is 0.269. The molecule has 1 aliphatic carbocycles. The Morgan fingerprint density at radius 1 is 1.11 bits per heavy atom. The second kappa shape index (κ2) is 7.63. The highest BCUT2D eigenvalue weighted by Gasteiger charge is 2.63. The summed E-state index contributed by atoms with van der Waals surface area (Å²) in [6.45, 7) is 3.49. The number of nitrogens with zero attached hydrogens (tertiary/aromatic N) is 3. The predicted molar refractivity (Wildman–Crippen MR) is 127 cm³/mol. The van der Waals surface area contributed by atoms with Crippen molar-refractivity contribution in [3.63, 3.8) is 0 Å². The van der Waals surface area contributed by atoms with Crippen LogP contribution in [-0.4, -0.2) is 39.6 Å². The highest BCUT2D eigenvalue weighted by atomic mass is 16.5. The molecule has 9 nitrogen and oxygen atoms in total. The number of aliphatic imine (C=N–C) groups is 1. The van der Waals surface area contributed by atoms with Gasteiger partial charge in [-0.05, 0) is 44.9 Å². The number of rotatable bonds is 3. The second-order valence-electron chi connectivity index (χ2n) is 9.14. The number of hydrazine groups is 1. The highest BCUT2D eigenvalue weighted by Crippen LogP contribution is 2.56. The zero-order valence-corrected chi connectivity index (χ0v) is 19.3. The molecule has 1 aromatic heterocycles. The van der Waals surface area contributed by atoms with E-state index in [0.29, 0.717) is 47.6 Å². The normalized spacial score (nSPS) is 22.6. The number of carbonyl (C=O) groups excluding carboxylic acids is 3. The van der Waals surface area contributed by atoms with Crippen LogP contribution in [0, 0.1) is 0 Å². The van der Waals surface area contributed by atoms with Gasteiger partial charge in [-0.2, -0.15) is 0 Å². The van der Waals surface area contributed by atoms with E-state index in [2.05, 4.69) is 15.7 Å². The number of ketones is 1. The molecule has 3 aliphatic heterocycles. The molecule has 6 rings (SSSR count). The SMILES string of the molecule is CC(C)OC(=O)C1=C2N=C(c3ccncc3)NN2C2=C(C(=O)CCC2)C12C(=O)Nc1ccccc12. The number of fused-ring (bicyclic) bond motifs is 5. The number of hydrogen-bond donors (Lipinski definition) is 2. The first kappa shape index (κ1) is 21.3. The number of ether oxygens (including phenoxy) is 1. The Balaban J connectivity index is 1.69. The van der Waals surface area contributed by atoms with Gasteiger partial charge in [-0.25, -0.2) is 14.8 Å². The molecule has 35 heavy (non-hydrogen) atoms. The average molecular weight is 470 g/mol. The average Bonchev–Trinajstić information content (AvgIpc) is 3.40. The lowest BCUT2D eigenvalue weighted by atomic mass is 9.63. The van der Waals surface area contributed by atoms with Gasteiger partial charge in [-0.3, -0.25) is 20.0 Å². The van der Waals surface area contributed by atoms with Crippen LogP contribution in [0.2, 0.25) is 0 Å². The first-order chi connectivity index (χ1) is 16.9. The van der Waals surface area contributed by atoms with Crippen molar-refractivity contribution in [2.75, 3.05) is 5.32 Å². The van der Waals surface area contributed by atoms with E-state index < -0.39 is 23.4 Å². The minimum Gasteiger partial charge on any atom is -0.459 e. The lowest BCUT2D eigenvalue weighted by molar-refractivity contribution is -0.144. The third kappa shape index (κ3) is 2.90. The van der Waals surface area contributed by atoms with E-state index in [1.165, 1.54) is 0 Å². The van der Waals surface area contributed by atoms with Gasteiger partial charge in [0.2, 0.25) is 5.91 Å². The molecule has 2 N–H and O–H groups in total. The summed E-state index contributed by atoms with van der Waals surface area (Å²) in [5, 5.41) is 4.59. The molecule has 0 saturated carbocycles. The third-order valence-electron chi connectivity index (χ3n) is 6.70. The molecule has 0 fully saturated rings. The zero-order chi connectivity index (χ0) is 24.3. The molecule has 176 valence electrons. The molecule has 4 aliphatic rings. The summed E-state index contributed by atoms with van der Waals surface area (Å²) in [5.41, 5.74) is 4.50. The number of Topliss-reactive ketones (excluding diaryl/α,β-unsaturated/α-hetero) is 1. The van der Waals surface area contributed by atoms with E-state index in [9.17, 15) is 14.4 Å². The molecule has 9 heteroatoms. The first-order valence-corrected chi connectivity index (χ1v) is 11.6. The molecule has 0 saturated heterocycles. The smallest absolute Gasteiger partial charge is 0.339 e. The quantitative estimate of drug-likeness (QED) is 0.665. The number of amidine groups is 1. The van der Waals surface area contributed by atoms with Crippen molar-refractivity contribution in [1.29, 1.82) is 0 Å². The van der Waals surface area contributed by atoms with Crippen molar-refractivity contribution >= 4 is 29.2 Å². The topological polar surface area (TPSA) is 113 Å². The van der Waals surface area contributed by atoms with Gasteiger partial charge in [0.05, 0.1) is 11.8 Å². The lowest BCUT2D eigenvalue weighted by Crippen LogP contribution is -2.52. The Kier molecular flexibility index (Phi) is 4.64. The van der Waals surface area contributed by atoms with Crippen LogP contribution in [0.25, 0.3) is 0 Å². The Morgan fingerprint density at radius 3 is 2.66 bits per heavy atom. The summed E-state index contributed by atoms with van der Waals surface area (Å²) in [7, 11) is 0. The minimum atomic E-state index is -1.64. The van der Waals surface area contributed by atoms with Gasteiger partial charge in [0.1, 0.15) is 11.0 Å². The maximum absolute atomic E-state index is 13.9. The van der Waals surface area contributed by atoms with E-state index in [1.807, 2.05) is 0 Å². The number of pyridine rings is 1. The molecular weight excluding hydrogens is 446 g/mol. The van der Waals surface area contributed by atoms with Crippen molar-refractivity contribution < 1.29 is 19.1 Å². The fourth-order valence-corrected chi connectivity index (χ4v) is 5.38. The van der Waals surface area contributed by atoms with Crippen molar-refractivity contribution in [3.05, 3.63) is 82.6 Å². The number of carbonyl (C=O) groups is 3. The predicted octanol–water partition coefficient (Wildman–Crippen LogP) is 2.72. The van der Waals surface area contributed by atoms with E-state index in [-0.39, 0.29) is 17.2 Å². The molecule has 2 aromatic rings. The molecule has 0 radical (unpaired) electrons. The maximum atomic E-state index is 13.9. The lowest BCUT2D eigenvalue weighted by Gasteiger charge is -2.42. The van der Waals surface area contributed by atoms with Crippen molar-refractivity contribution in [3.8, 4) is 0 Å². The van der Waals surface area contributed by atoms with E-state index in [0.717, 1.165) is 5.56 Å². The van der Waals surface area contributed by atoms with Crippen molar-refractivity contribution in [2.24, 2.45) is 4.99 Å². The Bertz CT molecular complexity index is 1390. The number of amides is 1. The Hall–Kier alpha value is -4.27. The molecular formula is C26H23N5O4. The van der Waals surface area contributed by atoms with Gasteiger partial charge < -0.3 is 10.1 Å². The van der Waals surface area contributed by atoms with E-state index >= 15 is 0 Å². The van der Waals surface area contributed by atoms with Gasteiger partial charge in [-0.1, -0.05) is 18.2 Å². The summed E-state index contributed by atoms with van der Waals surface area (Å²) in [5.74, 6) is -0.532. The van der Waals surface area contributed by atoms with Crippen LogP contribution >= 0.6 is 0 Å². The van der Waals surface area contributed by atoms with E-state index in [4.69, 9.17) is 9.73 Å². The standard InChI is InChI=1S/C26H23N5O4/c1-14(2)35-24(33)21-23-29-22(15-10-12-27-13-11-15)30-31(23)18-8-5-9-19(32)20(18)26(21)16-6-3-4-7-17(16)28-25(26)34/h3-4,6-7,10-14H,5,8-9H2,1-2H3,(H,28,34)(H,29,30). The molecule has 1 aromatic carbocycles. The van der Waals surface area contributed by atoms with Crippen molar-refractivity contribution in [1.82, 2.24) is 15.4 Å². The van der Waals surface area contributed by atoms with Crippen molar-refractivity contribution in [2.45, 2.75) is 44.6 Å². The molecule has 1 spiro atoms. The summed E-state index contributed by atoms with van der Waals surface area (Å²) >= 11 is 0. The number of nitrogens with one attached hydrogen (secondary N) is 2. The Labute approximate surface area is 201 Å².